The molecular weight excluding hydrogens is 515 g/mol. The highest BCUT2D eigenvalue weighted by molar-refractivity contribution is 6.74. The van der Waals surface area contributed by atoms with Gasteiger partial charge in [0.2, 0.25) is 5.91 Å². The van der Waals surface area contributed by atoms with Gasteiger partial charge in [0.25, 0.3) is 0 Å². The number of likely N-dealkylation sites (tertiary alicyclic amines) is 1. The summed E-state index contributed by atoms with van der Waals surface area (Å²) in [6, 6.07) is 13.8. The Hall–Kier alpha value is -2.37. The Bertz CT molecular complexity index is 1170. The maximum Gasteiger partial charge on any atom is 0.330 e. The predicted molar refractivity (Wildman–Crippen MR) is 144 cm³/mol. The standard InChI is InChI=1S/C27H32Cl2N2O4Si/c1-26(2,3)36(4,5)35-23-15-27(25(33)34,14-18-6-8-19(16-30)9-7-18)31(17-23)24(32)12-20-10-21(28)13-22(29)11-20/h6-11,13,23H,12,14-15,17H2,1-5H3,(H,33,34)/t23-,27?/m1/s1. The van der Waals surface area contributed by atoms with Crippen molar-refractivity contribution >= 4 is 43.4 Å². The fourth-order valence-electron chi connectivity index (χ4n) is 4.41. The van der Waals surface area contributed by atoms with Crippen molar-refractivity contribution in [3.05, 3.63) is 69.2 Å². The number of nitriles is 1. The first kappa shape index (κ1) is 28.2. The molecule has 2 atom stereocenters. The van der Waals surface area contributed by atoms with Gasteiger partial charge in [-0.2, -0.15) is 5.26 Å². The molecule has 0 saturated carbocycles. The molecule has 1 aliphatic heterocycles. The third-order valence-corrected chi connectivity index (χ3v) is 12.3. The van der Waals surface area contributed by atoms with Gasteiger partial charge in [0.05, 0.1) is 24.2 Å². The summed E-state index contributed by atoms with van der Waals surface area (Å²) in [5, 5.41) is 20.4. The van der Waals surface area contributed by atoms with Crippen LogP contribution in [0, 0.1) is 11.3 Å². The van der Waals surface area contributed by atoms with Crippen LogP contribution in [0.4, 0.5) is 0 Å². The van der Waals surface area contributed by atoms with Gasteiger partial charge >= 0.3 is 5.97 Å². The lowest BCUT2D eigenvalue weighted by Gasteiger charge is -2.38. The van der Waals surface area contributed by atoms with E-state index in [1.807, 2.05) is 0 Å². The van der Waals surface area contributed by atoms with E-state index in [-0.39, 0.29) is 36.8 Å². The second kappa shape index (κ2) is 10.5. The van der Waals surface area contributed by atoms with Crippen molar-refractivity contribution in [2.24, 2.45) is 0 Å². The predicted octanol–water partition coefficient (Wildman–Crippen LogP) is 6.10. The van der Waals surface area contributed by atoms with Gasteiger partial charge in [-0.15, -0.1) is 0 Å². The van der Waals surface area contributed by atoms with E-state index in [0.717, 1.165) is 5.56 Å². The Labute approximate surface area is 223 Å². The Morgan fingerprint density at radius 3 is 2.22 bits per heavy atom. The van der Waals surface area contributed by atoms with Crippen LogP contribution in [0.15, 0.2) is 42.5 Å². The Morgan fingerprint density at radius 1 is 1.14 bits per heavy atom. The average molecular weight is 548 g/mol. The number of carbonyl (C=O) groups is 2. The van der Waals surface area contributed by atoms with E-state index >= 15 is 0 Å². The molecule has 1 saturated heterocycles. The molecule has 2 aromatic rings. The number of benzene rings is 2. The summed E-state index contributed by atoms with van der Waals surface area (Å²) in [5.74, 6) is -1.41. The van der Waals surface area contributed by atoms with Crippen LogP contribution in [0.1, 0.15) is 43.9 Å². The van der Waals surface area contributed by atoms with Crippen LogP contribution in [0.3, 0.4) is 0 Å². The van der Waals surface area contributed by atoms with E-state index in [2.05, 4.69) is 39.9 Å². The minimum Gasteiger partial charge on any atom is -0.479 e. The van der Waals surface area contributed by atoms with Crippen molar-refractivity contribution in [1.29, 1.82) is 5.26 Å². The molecule has 2 aromatic carbocycles. The fourth-order valence-corrected chi connectivity index (χ4v) is 6.32. The first-order valence-electron chi connectivity index (χ1n) is 11.8. The lowest BCUT2D eigenvalue weighted by Crippen LogP contribution is -2.55. The van der Waals surface area contributed by atoms with Crippen LogP contribution in [0.2, 0.25) is 28.2 Å². The molecule has 6 nitrogen and oxygen atoms in total. The molecule has 3 rings (SSSR count). The lowest BCUT2D eigenvalue weighted by atomic mass is 9.87. The van der Waals surface area contributed by atoms with E-state index in [4.69, 9.17) is 32.9 Å². The Balaban J connectivity index is 1.99. The van der Waals surface area contributed by atoms with Crippen LogP contribution in [-0.2, 0) is 26.9 Å². The third-order valence-electron chi connectivity index (χ3n) is 7.29. The molecule has 1 N–H and O–H groups in total. The van der Waals surface area contributed by atoms with Crippen LogP contribution in [-0.4, -0.2) is 48.4 Å². The summed E-state index contributed by atoms with van der Waals surface area (Å²) < 4.78 is 6.61. The largest absolute Gasteiger partial charge is 0.479 e. The number of carboxylic acid groups (broad SMARTS) is 1. The van der Waals surface area contributed by atoms with Gasteiger partial charge in [-0.25, -0.2) is 4.79 Å². The zero-order valence-electron chi connectivity index (χ0n) is 21.3. The van der Waals surface area contributed by atoms with E-state index in [0.29, 0.717) is 21.2 Å². The van der Waals surface area contributed by atoms with E-state index in [9.17, 15) is 14.7 Å². The smallest absolute Gasteiger partial charge is 0.330 e. The van der Waals surface area contributed by atoms with Crippen molar-refractivity contribution in [2.75, 3.05) is 6.54 Å². The summed E-state index contributed by atoms with van der Waals surface area (Å²) in [5.41, 5.74) is 0.344. The number of halogens is 2. The topological polar surface area (TPSA) is 90.6 Å². The third kappa shape index (κ3) is 6.12. The number of hydrogen-bond acceptors (Lipinski definition) is 4. The monoisotopic (exact) mass is 546 g/mol. The van der Waals surface area contributed by atoms with Crippen LogP contribution in [0.5, 0.6) is 0 Å². The van der Waals surface area contributed by atoms with Crippen LogP contribution < -0.4 is 0 Å². The van der Waals surface area contributed by atoms with Gasteiger partial charge in [-0.1, -0.05) is 56.1 Å². The average Bonchev–Trinajstić information content (AvgIpc) is 3.11. The molecule has 0 bridgehead atoms. The van der Waals surface area contributed by atoms with Gasteiger partial charge in [0.1, 0.15) is 5.54 Å². The molecule has 9 heteroatoms. The Morgan fingerprint density at radius 2 is 1.72 bits per heavy atom. The second-order valence-corrected chi connectivity index (χ2v) is 16.6. The molecule has 1 amide bonds. The van der Waals surface area contributed by atoms with Crippen molar-refractivity contribution < 1.29 is 19.1 Å². The van der Waals surface area contributed by atoms with Gasteiger partial charge in [-0.05, 0) is 59.6 Å². The molecule has 1 heterocycles. The number of amides is 1. The van der Waals surface area contributed by atoms with Crippen molar-refractivity contribution in [3.63, 3.8) is 0 Å². The molecule has 192 valence electrons. The van der Waals surface area contributed by atoms with E-state index in [1.54, 1.807) is 42.5 Å². The summed E-state index contributed by atoms with van der Waals surface area (Å²) in [7, 11) is -2.23. The fraction of sp³-hybridized carbons (Fsp3) is 0.444. The first-order chi connectivity index (χ1) is 16.7. The number of carboxylic acids is 1. The maximum atomic E-state index is 13.6. The molecule has 1 unspecified atom stereocenters. The summed E-state index contributed by atoms with van der Waals surface area (Å²) in [6.45, 7) is 10.8. The highest BCUT2D eigenvalue weighted by Gasteiger charge is 2.55. The molecule has 1 aliphatic rings. The maximum absolute atomic E-state index is 13.6. The van der Waals surface area contributed by atoms with Crippen LogP contribution >= 0.6 is 23.2 Å². The number of aliphatic carboxylic acids is 1. The summed E-state index contributed by atoms with van der Waals surface area (Å²) in [6.07, 6.45) is -0.160. The quantitative estimate of drug-likeness (QED) is 0.424. The van der Waals surface area contributed by atoms with Gasteiger partial charge in [-0.3, -0.25) is 4.79 Å². The number of hydrogen-bond donors (Lipinski definition) is 1. The summed E-state index contributed by atoms with van der Waals surface area (Å²) in [4.78, 5) is 28.0. The highest BCUT2D eigenvalue weighted by Crippen LogP contribution is 2.42. The van der Waals surface area contributed by atoms with Crippen LogP contribution in [0.25, 0.3) is 0 Å². The Kier molecular flexibility index (Phi) is 8.26. The molecule has 36 heavy (non-hydrogen) atoms. The highest BCUT2D eigenvalue weighted by atomic mass is 35.5. The zero-order chi connectivity index (χ0) is 26.9. The van der Waals surface area contributed by atoms with Gasteiger partial charge in [0, 0.05) is 29.4 Å². The molecule has 0 radical (unpaired) electrons. The SMILES string of the molecule is CC(C)(C)[Si](C)(C)O[C@H]1CN(C(=O)Cc2cc(Cl)cc(Cl)c2)C(Cc2ccc(C#N)cc2)(C(=O)O)C1. The van der Waals surface area contributed by atoms with Gasteiger partial charge in [0.15, 0.2) is 8.32 Å². The number of carbonyl (C=O) groups excluding carboxylic acids is 1. The van der Waals surface area contributed by atoms with E-state index in [1.165, 1.54) is 4.90 Å². The second-order valence-electron chi connectivity index (χ2n) is 11.0. The molecule has 0 spiro atoms. The van der Waals surface area contributed by atoms with Crippen molar-refractivity contribution in [1.82, 2.24) is 4.90 Å². The van der Waals surface area contributed by atoms with Crippen molar-refractivity contribution in [3.8, 4) is 6.07 Å². The molecular formula is C27H32Cl2N2O4Si. The minimum atomic E-state index is -2.23. The summed E-state index contributed by atoms with van der Waals surface area (Å²) >= 11 is 12.3. The molecule has 0 aromatic heterocycles. The molecule has 1 fully saturated rings. The number of rotatable bonds is 7. The number of nitrogens with zero attached hydrogens (tertiary/aromatic N) is 2. The minimum absolute atomic E-state index is 0.0322. The van der Waals surface area contributed by atoms with E-state index < -0.39 is 25.9 Å². The van der Waals surface area contributed by atoms with Crippen molar-refractivity contribution in [2.45, 2.75) is 69.8 Å². The molecule has 0 aliphatic carbocycles. The lowest BCUT2D eigenvalue weighted by molar-refractivity contribution is -0.156. The normalized spacial score (nSPS) is 20.3. The first-order valence-corrected chi connectivity index (χ1v) is 15.5. The zero-order valence-corrected chi connectivity index (χ0v) is 23.8. The van der Waals surface area contributed by atoms with Gasteiger partial charge < -0.3 is 14.4 Å².